The Morgan fingerprint density at radius 3 is 2.46 bits per heavy atom. The van der Waals surface area contributed by atoms with E-state index in [1.807, 2.05) is 30.3 Å². The van der Waals surface area contributed by atoms with Crippen LogP contribution in [0.5, 0.6) is 5.75 Å². The van der Waals surface area contributed by atoms with Crippen molar-refractivity contribution >= 4 is 38.7 Å². The lowest BCUT2D eigenvalue weighted by molar-refractivity contribution is 0.417. The van der Waals surface area contributed by atoms with Gasteiger partial charge in [0.25, 0.3) is 0 Å². The molecule has 2 N–H and O–H groups in total. The minimum absolute atomic E-state index is 0.204. The van der Waals surface area contributed by atoms with Crippen LogP contribution in [0.3, 0.4) is 0 Å². The summed E-state index contributed by atoms with van der Waals surface area (Å²) in [6, 6.07) is 23.4. The number of hydrogen-bond acceptors (Lipinski definition) is 5. The molecule has 0 radical (unpaired) electrons. The highest BCUT2D eigenvalue weighted by Gasteiger charge is 2.42. The maximum absolute atomic E-state index is 11.9. The first-order valence-corrected chi connectivity index (χ1v) is 14.8. The largest absolute Gasteiger partial charge is 0.494 e. The molecule has 10 heteroatoms. The number of benzene rings is 2. The molecule has 0 bridgehead atoms. The summed E-state index contributed by atoms with van der Waals surface area (Å²) in [4.78, 5) is 6.72. The monoisotopic (exact) mass is 561 g/mol. The van der Waals surface area contributed by atoms with Crippen molar-refractivity contribution in [1.82, 2.24) is 14.9 Å². The molecule has 3 heterocycles. The normalized spacial score (nSPS) is 17.2. The molecule has 1 aliphatic rings. The van der Waals surface area contributed by atoms with Crippen LogP contribution in [0.2, 0.25) is 0 Å². The van der Waals surface area contributed by atoms with Crippen molar-refractivity contribution in [3.8, 4) is 5.75 Å². The summed E-state index contributed by atoms with van der Waals surface area (Å²) in [5.74, 6) is 0.398. The van der Waals surface area contributed by atoms with Crippen LogP contribution in [0.25, 0.3) is 0 Å². The number of nitrogens with one attached hydrogen (secondary N) is 2. The second-order valence-electron chi connectivity index (χ2n) is 9.65. The number of pyridine rings is 1. The van der Waals surface area contributed by atoms with Crippen LogP contribution in [0.4, 0.5) is 11.4 Å². The molecule has 0 saturated carbocycles. The lowest BCUT2D eigenvalue weighted by atomic mass is 9.96. The molecule has 2 aromatic heterocycles. The summed E-state index contributed by atoms with van der Waals surface area (Å²) >= 11 is 5.89. The van der Waals surface area contributed by atoms with Gasteiger partial charge in [0.1, 0.15) is 5.75 Å². The highest BCUT2D eigenvalue weighted by Crippen LogP contribution is 2.44. The average Bonchev–Trinajstić information content (AvgIpc) is 3.40. The standard InChI is InChI=1S/C29H31N5O3S2/c1-19-16-23(20(2)33(19)18-21-10-6-5-7-11-21)28-27(25-12-8-9-15-30-25)31-29(38)34(28)22-13-14-24(26(17-22)37-3)32-39(4,35)36/h5-17,27-28,32H,18H2,1-4H3,(H,31,38)/t27-,28+/m1/s1. The van der Waals surface area contributed by atoms with Crippen molar-refractivity contribution < 1.29 is 13.2 Å². The van der Waals surface area contributed by atoms with Crippen molar-refractivity contribution in [2.45, 2.75) is 32.5 Å². The fourth-order valence-corrected chi connectivity index (χ4v) is 6.11. The number of anilines is 2. The molecular weight excluding hydrogens is 530 g/mol. The molecule has 0 amide bonds. The SMILES string of the molecule is COc1cc(N2C(=S)N[C@H](c3ccccn3)[C@@H]2c2cc(C)n(Cc3ccccc3)c2C)ccc1NS(C)(=O)=O. The quantitative estimate of drug-likeness (QED) is 0.289. The molecular formula is C29H31N5O3S2. The van der Waals surface area contributed by atoms with E-state index in [9.17, 15) is 8.42 Å². The topological polar surface area (TPSA) is 88.5 Å². The summed E-state index contributed by atoms with van der Waals surface area (Å²) in [7, 11) is -1.96. The van der Waals surface area contributed by atoms with E-state index in [0.717, 1.165) is 41.1 Å². The maximum atomic E-state index is 11.9. The number of aromatic nitrogens is 2. The summed E-state index contributed by atoms with van der Waals surface area (Å²) in [5.41, 5.74) is 6.66. The molecule has 8 nitrogen and oxygen atoms in total. The van der Waals surface area contributed by atoms with Gasteiger partial charge in [-0.25, -0.2) is 8.42 Å². The number of sulfonamides is 1. The zero-order chi connectivity index (χ0) is 27.7. The van der Waals surface area contributed by atoms with Crippen LogP contribution in [-0.4, -0.2) is 36.4 Å². The van der Waals surface area contributed by atoms with Crippen LogP contribution >= 0.6 is 12.2 Å². The third-order valence-electron chi connectivity index (χ3n) is 6.97. The van der Waals surface area contributed by atoms with Gasteiger partial charge in [-0.05, 0) is 67.5 Å². The van der Waals surface area contributed by atoms with Crippen molar-refractivity contribution in [3.63, 3.8) is 0 Å². The second-order valence-corrected chi connectivity index (χ2v) is 11.8. The predicted octanol–water partition coefficient (Wildman–Crippen LogP) is 5.11. The molecule has 0 unspecified atom stereocenters. The Morgan fingerprint density at radius 2 is 1.79 bits per heavy atom. The summed E-state index contributed by atoms with van der Waals surface area (Å²) in [6.07, 6.45) is 2.89. The molecule has 4 aromatic rings. The summed E-state index contributed by atoms with van der Waals surface area (Å²) in [5, 5.41) is 4.05. The third kappa shape index (κ3) is 5.48. The molecule has 1 aliphatic heterocycles. The average molecular weight is 562 g/mol. The molecule has 1 saturated heterocycles. The minimum Gasteiger partial charge on any atom is -0.494 e. The molecule has 0 spiro atoms. The Kier molecular flexibility index (Phi) is 7.33. The van der Waals surface area contributed by atoms with Crippen LogP contribution < -0.4 is 19.7 Å². The van der Waals surface area contributed by atoms with Gasteiger partial charge in [-0.3, -0.25) is 9.71 Å². The van der Waals surface area contributed by atoms with Crippen LogP contribution in [0, 0.1) is 13.8 Å². The van der Waals surface area contributed by atoms with Gasteiger partial charge in [-0.1, -0.05) is 36.4 Å². The molecule has 2 aromatic carbocycles. The summed E-state index contributed by atoms with van der Waals surface area (Å²) in [6.45, 7) is 5.02. The number of ether oxygens (including phenoxy) is 1. The van der Waals surface area contributed by atoms with Gasteiger partial charge < -0.3 is 19.5 Å². The van der Waals surface area contributed by atoms with Gasteiger partial charge >= 0.3 is 0 Å². The minimum atomic E-state index is -3.48. The van der Waals surface area contributed by atoms with E-state index >= 15 is 0 Å². The van der Waals surface area contributed by atoms with E-state index in [1.165, 1.54) is 12.7 Å². The van der Waals surface area contributed by atoms with Gasteiger partial charge in [0.15, 0.2) is 5.11 Å². The number of thiocarbonyl (C=S) groups is 1. The van der Waals surface area contributed by atoms with E-state index in [0.29, 0.717) is 16.5 Å². The lowest BCUT2D eigenvalue weighted by Crippen LogP contribution is -2.29. The lowest BCUT2D eigenvalue weighted by Gasteiger charge is -2.29. The second kappa shape index (κ2) is 10.7. The third-order valence-corrected chi connectivity index (χ3v) is 7.88. The zero-order valence-electron chi connectivity index (χ0n) is 22.3. The highest BCUT2D eigenvalue weighted by atomic mass is 32.2. The number of methoxy groups -OCH3 is 1. The van der Waals surface area contributed by atoms with Gasteiger partial charge in [0, 0.05) is 35.9 Å². The molecule has 39 heavy (non-hydrogen) atoms. The number of aryl methyl sites for hydroxylation is 1. The first kappa shape index (κ1) is 26.7. The van der Waals surface area contributed by atoms with E-state index < -0.39 is 10.0 Å². The molecule has 1 fully saturated rings. The zero-order valence-corrected chi connectivity index (χ0v) is 23.9. The molecule has 5 rings (SSSR count). The number of hydrogen-bond donors (Lipinski definition) is 2. The van der Waals surface area contributed by atoms with Crippen LogP contribution in [0.1, 0.15) is 40.3 Å². The molecule has 0 aliphatic carbocycles. The molecule has 2 atom stereocenters. The van der Waals surface area contributed by atoms with Gasteiger partial charge in [-0.2, -0.15) is 0 Å². The van der Waals surface area contributed by atoms with Gasteiger partial charge in [0.05, 0.1) is 36.8 Å². The van der Waals surface area contributed by atoms with Crippen LogP contribution in [0.15, 0.2) is 79.0 Å². The smallest absolute Gasteiger partial charge is 0.229 e. The van der Waals surface area contributed by atoms with Crippen molar-refractivity contribution in [2.24, 2.45) is 0 Å². The Hall–Kier alpha value is -3.89. The van der Waals surface area contributed by atoms with Crippen molar-refractivity contribution in [2.75, 3.05) is 23.0 Å². The first-order chi connectivity index (χ1) is 18.7. The Bertz CT molecular complexity index is 1600. The van der Waals surface area contributed by atoms with Crippen molar-refractivity contribution in [3.05, 3.63) is 107 Å². The Morgan fingerprint density at radius 1 is 1.05 bits per heavy atom. The van der Waals surface area contributed by atoms with Gasteiger partial charge in [-0.15, -0.1) is 0 Å². The van der Waals surface area contributed by atoms with E-state index in [4.69, 9.17) is 17.0 Å². The van der Waals surface area contributed by atoms with E-state index in [2.05, 4.69) is 68.7 Å². The fourth-order valence-electron chi connectivity index (χ4n) is 5.20. The molecule has 202 valence electrons. The van der Waals surface area contributed by atoms with Crippen molar-refractivity contribution in [1.29, 1.82) is 0 Å². The first-order valence-electron chi connectivity index (χ1n) is 12.5. The van der Waals surface area contributed by atoms with E-state index in [-0.39, 0.29) is 12.1 Å². The predicted molar refractivity (Wildman–Crippen MR) is 159 cm³/mol. The van der Waals surface area contributed by atoms with Gasteiger partial charge in [0.2, 0.25) is 10.0 Å². The summed E-state index contributed by atoms with van der Waals surface area (Å²) < 4.78 is 34.2. The number of rotatable bonds is 8. The Labute approximate surface area is 234 Å². The maximum Gasteiger partial charge on any atom is 0.229 e. The van der Waals surface area contributed by atoms with E-state index in [1.54, 1.807) is 18.3 Å². The van der Waals surface area contributed by atoms with Crippen LogP contribution in [-0.2, 0) is 16.6 Å². The Balaban J connectivity index is 1.62. The number of nitrogens with zero attached hydrogens (tertiary/aromatic N) is 3. The fraction of sp³-hybridized carbons (Fsp3) is 0.241. The highest BCUT2D eigenvalue weighted by molar-refractivity contribution is 7.92.